The van der Waals surface area contributed by atoms with Gasteiger partial charge in [-0.15, -0.1) is 11.6 Å². The van der Waals surface area contributed by atoms with Gasteiger partial charge in [0, 0.05) is 33.0 Å². The van der Waals surface area contributed by atoms with Crippen LogP contribution in [0.1, 0.15) is 188 Å². The number of aliphatic hydroxyl groups excluding tert-OH is 1. The summed E-state index contributed by atoms with van der Waals surface area (Å²) in [5, 5.41) is 27.3. The second kappa shape index (κ2) is 32.7. The number of hydrogen-bond donors (Lipinski definition) is 4. The fraction of sp³-hybridized carbons (Fsp3) is 0.896. The van der Waals surface area contributed by atoms with Crippen molar-refractivity contribution >= 4 is 29.6 Å². The smallest absolute Gasteiger partial charge is 0.407 e. The van der Waals surface area contributed by atoms with Crippen LogP contribution in [-0.4, -0.2) is 110 Å². The number of carbonyl (C=O) groups is 3. The van der Waals surface area contributed by atoms with Crippen molar-refractivity contribution in [1.29, 1.82) is 0 Å². The summed E-state index contributed by atoms with van der Waals surface area (Å²) in [7, 11) is 1.57. The SMILES string of the molecule is CCCCCCCCCCCCCCCCC(=O)OCC(CO)OC(=O)CCCCCCCCNCCNC(=O)O[C@@H]1CC[C@](O)(CCl)[C@@H]([C@@]2(C)O[C@@H]2CC=C(C)C)[C@@H]1OC. The van der Waals surface area contributed by atoms with Gasteiger partial charge >= 0.3 is 18.0 Å². The topological polar surface area (TPSA) is 165 Å². The Hall–Kier alpha value is -1.96. The molecule has 0 spiro atoms. The Kier molecular flexibility index (Phi) is 29.5. The highest BCUT2D eigenvalue weighted by atomic mass is 35.5. The zero-order valence-electron chi connectivity index (χ0n) is 38.9. The van der Waals surface area contributed by atoms with Crippen molar-refractivity contribution in [3.63, 3.8) is 0 Å². The van der Waals surface area contributed by atoms with Crippen LogP contribution in [0.5, 0.6) is 0 Å². The van der Waals surface area contributed by atoms with E-state index < -0.39 is 41.5 Å². The van der Waals surface area contributed by atoms with E-state index in [4.69, 9.17) is 35.3 Å². The summed E-state index contributed by atoms with van der Waals surface area (Å²) in [6.45, 7) is 9.69. The number of esters is 2. The van der Waals surface area contributed by atoms with E-state index in [2.05, 4.69) is 23.6 Å². The molecule has 0 aromatic heterocycles. The standard InChI is InChI=1S/C48H87ClN2O10/c1-6-7-8-9-10-11-12-13-14-15-16-17-20-23-26-42(53)58-36-39(35-52)59-43(54)27-24-21-18-19-22-25-32-50-33-34-51-46(55)60-40-30-31-48(56,37-49)45(44(40)57-5)47(4)41(61-47)29-28-38(2)3/h28,39-41,44-45,50,52,56H,6-27,29-37H2,1-5H3,(H,51,55)/t39?,40-,41-,44-,45-,47+,48+/m1/s1. The number of epoxide rings is 1. The molecule has 1 saturated heterocycles. The van der Waals surface area contributed by atoms with Crippen molar-refractivity contribution in [1.82, 2.24) is 10.6 Å². The van der Waals surface area contributed by atoms with Crippen LogP contribution in [0, 0.1) is 5.92 Å². The number of amides is 1. The molecule has 1 aliphatic heterocycles. The molecule has 2 aliphatic rings. The van der Waals surface area contributed by atoms with E-state index >= 15 is 0 Å². The van der Waals surface area contributed by atoms with Crippen LogP contribution in [0.15, 0.2) is 11.6 Å². The molecule has 1 amide bonds. The second-order valence-electron chi connectivity index (χ2n) is 18.1. The number of nitrogens with one attached hydrogen (secondary N) is 2. The zero-order valence-corrected chi connectivity index (χ0v) is 39.7. The van der Waals surface area contributed by atoms with E-state index in [1.807, 2.05) is 20.8 Å². The molecule has 356 valence electrons. The Labute approximate surface area is 374 Å². The summed E-state index contributed by atoms with van der Waals surface area (Å²) < 4.78 is 28.5. The highest BCUT2D eigenvalue weighted by Crippen LogP contribution is 2.55. The van der Waals surface area contributed by atoms with E-state index in [-0.39, 0.29) is 43.6 Å². The van der Waals surface area contributed by atoms with Gasteiger partial charge in [0.15, 0.2) is 6.10 Å². The number of unbranched alkanes of at least 4 members (excludes halogenated alkanes) is 18. The Morgan fingerprint density at radius 3 is 1.92 bits per heavy atom. The van der Waals surface area contributed by atoms with Crippen molar-refractivity contribution < 1.29 is 48.3 Å². The Morgan fingerprint density at radius 2 is 1.38 bits per heavy atom. The van der Waals surface area contributed by atoms with Gasteiger partial charge in [0.25, 0.3) is 0 Å². The first kappa shape index (κ1) is 55.2. The first-order valence-electron chi connectivity index (χ1n) is 24.2. The number of rotatable bonds is 37. The van der Waals surface area contributed by atoms with Crippen LogP contribution in [0.2, 0.25) is 0 Å². The third-order valence-electron chi connectivity index (χ3n) is 12.5. The molecule has 1 aliphatic carbocycles. The van der Waals surface area contributed by atoms with Crippen molar-refractivity contribution in [2.24, 2.45) is 5.92 Å². The molecule has 0 bridgehead atoms. The number of alkyl halides is 1. The Balaban J connectivity index is 1.44. The monoisotopic (exact) mass is 887 g/mol. The van der Waals surface area contributed by atoms with Crippen LogP contribution in [0.4, 0.5) is 4.79 Å². The van der Waals surface area contributed by atoms with Gasteiger partial charge in [-0.25, -0.2) is 4.79 Å². The summed E-state index contributed by atoms with van der Waals surface area (Å²) >= 11 is 6.30. The fourth-order valence-electron chi connectivity index (χ4n) is 8.70. The van der Waals surface area contributed by atoms with Gasteiger partial charge in [0.05, 0.1) is 30.1 Å². The number of allylic oxidation sites excluding steroid dienone is 1. The van der Waals surface area contributed by atoms with Gasteiger partial charge in [-0.05, 0) is 65.8 Å². The lowest BCUT2D eigenvalue weighted by molar-refractivity contribution is -0.170. The number of ether oxygens (including phenoxy) is 5. The average Bonchev–Trinajstić information content (AvgIpc) is 3.91. The number of halogens is 1. The highest BCUT2D eigenvalue weighted by Gasteiger charge is 2.67. The van der Waals surface area contributed by atoms with Crippen LogP contribution in [0.3, 0.4) is 0 Å². The minimum Gasteiger partial charge on any atom is -0.462 e. The predicted octanol–water partition coefficient (Wildman–Crippen LogP) is 9.63. The Bertz CT molecular complexity index is 1220. The summed E-state index contributed by atoms with van der Waals surface area (Å²) in [5.74, 6) is -1.10. The highest BCUT2D eigenvalue weighted by molar-refractivity contribution is 6.18. The lowest BCUT2D eigenvalue weighted by Gasteiger charge is -2.48. The van der Waals surface area contributed by atoms with E-state index in [1.54, 1.807) is 7.11 Å². The maximum absolute atomic E-state index is 12.7. The van der Waals surface area contributed by atoms with E-state index in [1.165, 1.54) is 76.2 Å². The number of alkyl carbamates (subject to hydrolysis) is 1. The summed E-state index contributed by atoms with van der Waals surface area (Å²) in [6, 6.07) is 0. The Morgan fingerprint density at radius 1 is 0.820 bits per heavy atom. The molecule has 1 saturated carbocycles. The van der Waals surface area contributed by atoms with Crippen molar-refractivity contribution in [2.75, 3.05) is 45.8 Å². The number of methoxy groups -OCH3 is 1. The van der Waals surface area contributed by atoms with Crippen molar-refractivity contribution in [2.45, 2.75) is 224 Å². The summed E-state index contributed by atoms with van der Waals surface area (Å²) in [5.41, 5.74) is -0.630. The van der Waals surface area contributed by atoms with Gasteiger partial charge < -0.3 is 44.5 Å². The molecule has 12 nitrogen and oxygen atoms in total. The second-order valence-corrected chi connectivity index (χ2v) is 18.3. The molecule has 1 heterocycles. The minimum atomic E-state index is -1.19. The molecule has 13 heteroatoms. The predicted molar refractivity (Wildman–Crippen MR) is 243 cm³/mol. The molecule has 0 aromatic rings. The summed E-state index contributed by atoms with van der Waals surface area (Å²) in [6.07, 6.45) is 25.1. The number of aliphatic hydroxyl groups is 2. The van der Waals surface area contributed by atoms with E-state index in [9.17, 15) is 24.6 Å². The molecule has 0 radical (unpaired) electrons. The molecular formula is C48H87ClN2O10. The van der Waals surface area contributed by atoms with E-state index in [0.29, 0.717) is 38.8 Å². The summed E-state index contributed by atoms with van der Waals surface area (Å²) in [4.78, 5) is 37.2. The average molecular weight is 888 g/mol. The third kappa shape index (κ3) is 23.0. The van der Waals surface area contributed by atoms with Crippen LogP contribution in [0.25, 0.3) is 0 Å². The zero-order chi connectivity index (χ0) is 44.8. The number of hydrogen-bond acceptors (Lipinski definition) is 11. The first-order chi connectivity index (χ1) is 29.4. The molecule has 7 atom stereocenters. The number of carbonyl (C=O) groups excluding carboxylic acids is 3. The van der Waals surface area contributed by atoms with Gasteiger partial charge in [0.2, 0.25) is 0 Å². The molecule has 61 heavy (non-hydrogen) atoms. The van der Waals surface area contributed by atoms with Crippen LogP contribution >= 0.6 is 11.6 Å². The van der Waals surface area contributed by atoms with Crippen LogP contribution < -0.4 is 10.6 Å². The van der Waals surface area contributed by atoms with Gasteiger partial charge in [0.1, 0.15) is 24.4 Å². The van der Waals surface area contributed by atoms with E-state index in [0.717, 1.165) is 64.3 Å². The lowest BCUT2D eigenvalue weighted by atomic mass is 9.66. The largest absolute Gasteiger partial charge is 0.462 e. The maximum atomic E-state index is 12.7. The quantitative estimate of drug-likeness (QED) is 0.0117. The van der Waals surface area contributed by atoms with Crippen molar-refractivity contribution in [3.05, 3.63) is 11.6 Å². The third-order valence-corrected chi connectivity index (χ3v) is 12.9. The van der Waals surface area contributed by atoms with Gasteiger partial charge in [-0.1, -0.05) is 128 Å². The minimum absolute atomic E-state index is 0.0427. The fourth-order valence-corrected chi connectivity index (χ4v) is 9.00. The molecule has 2 fully saturated rings. The molecular weight excluding hydrogens is 800 g/mol. The molecule has 0 aromatic carbocycles. The van der Waals surface area contributed by atoms with Crippen LogP contribution in [-0.2, 0) is 33.3 Å². The molecule has 1 unspecified atom stereocenters. The van der Waals surface area contributed by atoms with Gasteiger partial charge in [-0.2, -0.15) is 0 Å². The lowest BCUT2D eigenvalue weighted by Crippen LogP contribution is -2.61. The van der Waals surface area contributed by atoms with Gasteiger partial charge in [-0.3, -0.25) is 9.59 Å². The molecule has 4 N–H and O–H groups in total. The first-order valence-corrected chi connectivity index (χ1v) is 24.7. The van der Waals surface area contributed by atoms with Crippen molar-refractivity contribution in [3.8, 4) is 0 Å². The maximum Gasteiger partial charge on any atom is 0.407 e. The molecule has 2 rings (SSSR count). The normalized spacial score (nSPS) is 23.9.